The lowest BCUT2D eigenvalue weighted by Gasteiger charge is -2.51. The SMILES string of the molecule is CC1C2C[C@@H](CN1C)[C@H](C)N(C)C2. The zero-order valence-electron chi connectivity index (χ0n) is 9.33. The molecule has 0 aromatic rings. The van der Waals surface area contributed by atoms with Gasteiger partial charge in [0.25, 0.3) is 0 Å². The molecule has 2 heteroatoms. The molecule has 0 radical (unpaired) electrons. The normalized spacial score (nSPS) is 48.0. The van der Waals surface area contributed by atoms with Crippen LogP contribution < -0.4 is 0 Å². The minimum absolute atomic E-state index is 0.784. The summed E-state index contributed by atoms with van der Waals surface area (Å²) in [5.74, 6) is 1.81. The van der Waals surface area contributed by atoms with Gasteiger partial charge in [-0.15, -0.1) is 0 Å². The summed E-state index contributed by atoms with van der Waals surface area (Å²) in [6.07, 6.45) is 1.46. The maximum Gasteiger partial charge on any atom is 0.0105 e. The summed E-state index contributed by atoms with van der Waals surface area (Å²) >= 11 is 0. The molecular formula is C11H22N2. The van der Waals surface area contributed by atoms with Gasteiger partial charge >= 0.3 is 0 Å². The molecule has 76 valence electrons. The van der Waals surface area contributed by atoms with Gasteiger partial charge in [0.1, 0.15) is 0 Å². The van der Waals surface area contributed by atoms with E-state index in [1.807, 2.05) is 0 Å². The summed E-state index contributed by atoms with van der Waals surface area (Å²) < 4.78 is 0. The van der Waals surface area contributed by atoms with Crippen LogP contribution in [0, 0.1) is 11.8 Å². The first-order valence-corrected chi connectivity index (χ1v) is 5.50. The Morgan fingerprint density at radius 1 is 0.846 bits per heavy atom. The summed E-state index contributed by atoms with van der Waals surface area (Å²) in [5, 5.41) is 0. The summed E-state index contributed by atoms with van der Waals surface area (Å²) in [6.45, 7) is 7.35. The van der Waals surface area contributed by atoms with Gasteiger partial charge in [0.05, 0.1) is 0 Å². The van der Waals surface area contributed by atoms with Crippen LogP contribution >= 0.6 is 0 Å². The van der Waals surface area contributed by atoms with Gasteiger partial charge in [-0.05, 0) is 46.2 Å². The van der Waals surface area contributed by atoms with E-state index in [-0.39, 0.29) is 0 Å². The van der Waals surface area contributed by atoms with Gasteiger partial charge in [-0.2, -0.15) is 0 Å². The van der Waals surface area contributed by atoms with Gasteiger partial charge < -0.3 is 9.80 Å². The average molecular weight is 182 g/mol. The molecule has 2 rings (SSSR count). The molecule has 2 fully saturated rings. The first-order chi connectivity index (χ1) is 6.09. The zero-order chi connectivity index (χ0) is 9.59. The first-order valence-electron chi connectivity index (χ1n) is 5.50. The van der Waals surface area contributed by atoms with Crippen molar-refractivity contribution in [3.8, 4) is 0 Å². The molecule has 13 heavy (non-hydrogen) atoms. The van der Waals surface area contributed by atoms with E-state index in [4.69, 9.17) is 0 Å². The smallest absolute Gasteiger partial charge is 0.0105 e. The summed E-state index contributed by atoms with van der Waals surface area (Å²) in [4.78, 5) is 5.09. The minimum Gasteiger partial charge on any atom is -0.303 e. The molecule has 4 atom stereocenters. The first kappa shape index (κ1) is 9.47. The molecule has 2 bridgehead atoms. The van der Waals surface area contributed by atoms with Crippen molar-refractivity contribution < 1.29 is 0 Å². The third-order valence-corrected chi connectivity index (χ3v) is 4.41. The molecule has 2 nitrogen and oxygen atoms in total. The second-order valence-corrected chi connectivity index (χ2v) is 5.12. The van der Waals surface area contributed by atoms with Crippen LogP contribution in [0.2, 0.25) is 0 Å². The molecule has 0 saturated carbocycles. The van der Waals surface area contributed by atoms with Gasteiger partial charge in [-0.1, -0.05) is 0 Å². The minimum atomic E-state index is 0.784. The Kier molecular flexibility index (Phi) is 2.37. The van der Waals surface area contributed by atoms with Crippen molar-refractivity contribution in [2.24, 2.45) is 11.8 Å². The van der Waals surface area contributed by atoms with Crippen LogP contribution in [0.3, 0.4) is 0 Å². The second-order valence-electron chi connectivity index (χ2n) is 5.12. The van der Waals surface area contributed by atoms with Crippen molar-refractivity contribution in [2.45, 2.75) is 32.4 Å². The molecule has 0 aliphatic carbocycles. The topological polar surface area (TPSA) is 6.48 Å². The molecule has 0 amide bonds. The van der Waals surface area contributed by atoms with Crippen LogP contribution in [0.4, 0.5) is 0 Å². The maximum absolute atomic E-state index is 2.54. The van der Waals surface area contributed by atoms with E-state index in [1.165, 1.54) is 19.5 Å². The lowest BCUT2D eigenvalue weighted by Crippen LogP contribution is -2.58. The highest BCUT2D eigenvalue weighted by Crippen LogP contribution is 2.34. The fourth-order valence-corrected chi connectivity index (χ4v) is 3.03. The van der Waals surface area contributed by atoms with Crippen LogP contribution in [0.15, 0.2) is 0 Å². The molecule has 0 N–H and O–H groups in total. The van der Waals surface area contributed by atoms with E-state index in [0.29, 0.717) is 0 Å². The lowest BCUT2D eigenvalue weighted by atomic mass is 9.77. The van der Waals surface area contributed by atoms with Crippen LogP contribution in [0.25, 0.3) is 0 Å². The van der Waals surface area contributed by atoms with E-state index in [1.54, 1.807) is 0 Å². The predicted octanol–water partition coefficient (Wildman–Crippen LogP) is 1.28. The Hall–Kier alpha value is -0.0800. The standard InChI is InChI=1S/C11H22N2/c1-8-10-5-11(7-12(8)3)9(2)13(4)6-10/h8-11H,5-7H2,1-4H3/t8-,9?,10-,11?/m0/s1. The lowest BCUT2D eigenvalue weighted by molar-refractivity contribution is -0.0162. The number of hydrogen-bond donors (Lipinski definition) is 0. The van der Waals surface area contributed by atoms with Crippen LogP contribution in [0.5, 0.6) is 0 Å². The van der Waals surface area contributed by atoms with Gasteiger partial charge in [0.15, 0.2) is 0 Å². The molecule has 2 heterocycles. The van der Waals surface area contributed by atoms with E-state index >= 15 is 0 Å². The summed E-state index contributed by atoms with van der Waals surface area (Å²) in [7, 11) is 4.56. The van der Waals surface area contributed by atoms with Crippen LogP contribution in [0.1, 0.15) is 20.3 Å². The van der Waals surface area contributed by atoms with Crippen molar-refractivity contribution in [3.63, 3.8) is 0 Å². The van der Waals surface area contributed by atoms with Crippen molar-refractivity contribution in [2.75, 3.05) is 27.2 Å². The van der Waals surface area contributed by atoms with Gasteiger partial charge in [-0.25, -0.2) is 0 Å². The fourth-order valence-electron chi connectivity index (χ4n) is 3.03. The zero-order valence-corrected chi connectivity index (χ0v) is 9.33. The van der Waals surface area contributed by atoms with E-state index < -0.39 is 0 Å². The van der Waals surface area contributed by atoms with E-state index in [0.717, 1.165) is 23.9 Å². The summed E-state index contributed by atoms with van der Waals surface area (Å²) in [5.41, 5.74) is 0. The van der Waals surface area contributed by atoms with Crippen molar-refractivity contribution >= 4 is 0 Å². The van der Waals surface area contributed by atoms with Gasteiger partial charge in [0.2, 0.25) is 0 Å². The van der Waals surface area contributed by atoms with Gasteiger partial charge in [-0.3, -0.25) is 0 Å². The molecule has 2 saturated heterocycles. The number of likely N-dealkylation sites (tertiary alicyclic amines) is 2. The predicted molar refractivity (Wildman–Crippen MR) is 55.8 cm³/mol. The molecule has 0 aromatic heterocycles. The molecular weight excluding hydrogens is 160 g/mol. The third-order valence-electron chi connectivity index (χ3n) is 4.41. The Balaban J connectivity index is 2.12. The van der Waals surface area contributed by atoms with Crippen molar-refractivity contribution in [1.29, 1.82) is 0 Å². The number of piperidine rings is 2. The number of rotatable bonds is 0. The molecule has 2 aliphatic rings. The van der Waals surface area contributed by atoms with Gasteiger partial charge in [0, 0.05) is 25.2 Å². The number of fused-ring (bicyclic) bond motifs is 2. The third kappa shape index (κ3) is 1.50. The molecule has 2 unspecified atom stereocenters. The maximum atomic E-state index is 2.54. The Labute approximate surface area is 81.9 Å². The number of nitrogens with zero attached hydrogens (tertiary/aromatic N) is 2. The van der Waals surface area contributed by atoms with Crippen LogP contribution in [-0.2, 0) is 0 Å². The molecule has 0 spiro atoms. The highest BCUT2D eigenvalue weighted by atomic mass is 15.2. The van der Waals surface area contributed by atoms with E-state index in [9.17, 15) is 0 Å². The fraction of sp³-hybridized carbons (Fsp3) is 1.00. The monoisotopic (exact) mass is 182 g/mol. The molecule has 0 aromatic carbocycles. The van der Waals surface area contributed by atoms with Crippen molar-refractivity contribution in [3.05, 3.63) is 0 Å². The highest BCUT2D eigenvalue weighted by molar-refractivity contribution is 4.93. The van der Waals surface area contributed by atoms with Crippen LogP contribution in [-0.4, -0.2) is 49.1 Å². The Morgan fingerprint density at radius 2 is 1.23 bits per heavy atom. The Morgan fingerprint density at radius 3 is 1.62 bits per heavy atom. The highest BCUT2D eigenvalue weighted by Gasteiger charge is 2.39. The van der Waals surface area contributed by atoms with Crippen molar-refractivity contribution in [1.82, 2.24) is 9.80 Å². The number of hydrogen-bond acceptors (Lipinski definition) is 2. The quantitative estimate of drug-likeness (QED) is 0.557. The molecule has 2 aliphatic heterocycles. The Bertz CT molecular complexity index is 169. The summed E-state index contributed by atoms with van der Waals surface area (Å²) in [6, 6.07) is 1.57. The largest absolute Gasteiger partial charge is 0.303 e. The average Bonchev–Trinajstić information content (AvgIpc) is 2.09. The second kappa shape index (κ2) is 3.25. The van der Waals surface area contributed by atoms with E-state index in [2.05, 4.69) is 37.7 Å².